The Morgan fingerprint density at radius 3 is 2.61 bits per heavy atom. The van der Waals surface area contributed by atoms with Crippen molar-refractivity contribution in [1.29, 1.82) is 0 Å². The van der Waals surface area contributed by atoms with Gasteiger partial charge in [-0.1, -0.05) is 31.5 Å². The monoisotopic (exact) mass is 291 g/mol. The third kappa shape index (κ3) is 4.24. The Hall–Kier alpha value is -0.620. The molecule has 0 aliphatic rings. The molecule has 6 heteroatoms. The largest absolute Gasteiger partial charge is 0.392 e. The summed E-state index contributed by atoms with van der Waals surface area (Å²) in [4.78, 5) is 0.0134. The number of sulfonamides is 1. The van der Waals surface area contributed by atoms with Crippen molar-refractivity contribution < 1.29 is 13.5 Å². The van der Waals surface area contributed by atoms with Crippen molar-refractivity contribution in [2.45, 2.75) is 31.8 Å². The second kappa shape index (κ2) is 6.52. The highest BCUT2D eigenvalue weighted by Crippen LogP contribution is 2.22. The van der Waals surface area contributed by atoms with Crippen LogP contribution < -0.4 is 4.72 Å². The van der Waals surface area contributed by atoms with Crippen LogP contribution in [0.1, 0.15) is 25.8 Å². The summed E-state index contributed by atoms with van der Waals surface area (Å²) in [5, 5.41) is 9.17. The fourth-order valence-electron chi connectivity index (χ4n) is 1.41. The predicted molar refractivity (Wildman–Crippen MR) is 72.0 cm³/mol. The smallest absolute Gasteiger partial charge is 0.242 e. The van der Waals surface area contributed by atoms with Crippen molar-refractivity contribution in [3.8, 4) is 0 Å². The molecule has 0 aliphatic carbocycles. The summed E-state index contributed by atoms with van der Waals surface area (Å²) in [7, 11) is -3.61. The van der Waals surface area contributed by atoms with Gasteiger partial charge in [0.2, 0.25) is 10.0 Å². The maximum Gasteiger partial charge on any atom is 0.242 e. The van der Waals surface area contributed by atoms with Crippen LogP contribution in [0.2, 0.25) is 5.02 Å². The van der Waals surface area contributed by atoms with Gasteiger partial charge in [0, 0.05) is 6.54 Å². The Labute approximate surface area is 113 Å². The van der Waals surface area contributed by atoms with Gasteiger partial charge in [0.05, 0.1) is 11.6 Å². The Morgan fingerprint density at radius 1 is 1.39 bits per heavy atom. The minimum atomic E-state index is -3.61. The van der Waals surface area contributed by atoms with E-state index in [4.69, 9.17) is 16.7 Å². The number of nitrogens with one attached hydrogen (secondary N) is 1. The lowest BCUT2D eigenvalue weighted by molar-refractivity contribution is 0.281. The zero-order valence-corrected chi connectivity index (χ0v) is 12.1. The average Bonchev–Trinajstić information content (AvgIpc) is 2.28. The van der Waals surface area contributed by atoms with E-state index in [2.05, 4.69) is 4.72 Å². The minimum absolute atomic E-state index is 0.0134. The number of aliphatic hydroxyl groups excluding tert-OH is 1. The quantitative estimate of drug-likeness (QED) is 0.844. The predicted octanol–water partition coefficient (Wildman–Crippen LogP) is 2.16. The number of halogens is 1. The van der Waals surface area contributed by atoms with Crippen LogP contribution in [-0.4, -0.2) is 20.1 Å². The highest BCUT2D eigenvalue weighted by atomic mass is 35.5. The first-order valence-corrected chi connectivity index (χ1v) is 7.62. The molecule has 0 aromatic heterocycles. The van der Waals surface area contributed by atoms with E-state index in [0.29, 0.717) is 18.0 Å². The fourth-order valence-corrected chi connectivity index (χ4v) is 3.01. The van der Waals surface area contributed by atoms with Gasteiger partial charge in [0.1, 0.15) is 4.90 Å². The van der Waals surface area contributed by atoms with Gasteiger partial charge in [-0.05, 0) is 30.0 Å². The third-order valence-corrected chi connectivity index (χ3v) is 4.42. The van der Waals surface area contributed by atoms with E-state index in [1.807, 2.05) is 13.8 Å². The van der Waals surface area contributed by atoms with Gasteiger partial charge in [-0.25, -0.2) is 13.1 Å². The zero-order valence-electron chi connectivity index (χ0n) is 10.5. The van der Waals surface area contributed by atoms with E-state index >= 15 is 0 Å². The first-order valence-electron chi connectivity index (χ1n) is 5.75. The van der Waals surface area contributed by atoms with Gasteiger partial charge in [-0.2, -0.15) is 0 Å². The molecule has 0 bridgehead atoms. The molecule has 0 aliphatic heterocycles. The molecule has 0 saturated heterocycles. The summed E-state index contributed by atoms with van der Waals surface area (Å²) in [6.45, 7) is 4.20. The van der Waals surface area contributed by atoms with E-state index in [1.54, 1.807) is 6.07 Å². The zero-order chi connectivity index (χ0) is 13.8. The van der Waals surface area contributed by atoms with Crippen molar-refractivity contribution >= 4 is 21.6 Å². The number of benzene rings is 1. The molecule has 2 N–H and O–H groups in total. The summed E-state index contributed by atoms with van der Waals surface area (Å²) in [6, 6.07) is 4.46. The molecule has 0 unspecified atom stereocenters. The van der Waals surface area contributed by atoms with Crippen LogP contribution in [0.4, 0.5) is 0 Å². The second-order valence-corrected chi connectivity index (χ2v) is 6.65. The number of hydrogen-bond donors (Lipinski definition) is 2. The molecule has 1 rings (SSSR count). The van der Waals surface area contributed by atoms with Crippen LogP contribution in [0.3, 0.4) is 0 Å². The lowest BCUT2D eigenvalue weighted by atomic mass is 10.1. The molecule has 102 valence electrons. The van der Waals surface area contributed by atoms with E-state index in [-0.39, 0.29) is 16.5 Å². The molecule has 0 spiro atoms. The highest BCUT2D eigenvalue weighted by molar-refractivity contribution is 7.89. The molecule has 0 heterocycles. The maximum atomic E-state index is 12.0. The molecule has 18 heavy (non-hydrogen) atoms. The molecule has 0 radical (unpaired) electrons. The van der Waals surface area contributed by atoms with E-state index in [9.17, 15) is 8.42 Å². The number of aliphatic hydroxyl groups is 1. The lowest BCUT2D eigenvalue weighted by Gasteiger charge is -2.10. The summed E-state index contributed by atoms with van der Waals surface area (Å²) < 4.78 is 26.6. The third-order valence-electron chi connectivity index (χ3n) is 2.48. The Bertz CT molecular complexity index is 500. The topological polar surface area (TPSA) is 66.4 Å². The normalized spacial score (nSPS) is 12.1. The minimum Gasteiger partial charge on any atom is -0.392 e. The van der Waals surface area contributed by atoms with Crippen molar-refractivity contribution in [3.63, 3.8) is 0 Å². The van der Waals surface area contributed by atoms with Crippen LogP contribution in [0.25, 0.3) is 0 Å². The SMILES string of the molecule is CC(C)CCNS(=O)(=O)c1cc(CO)ccc1Cl. The van der Waals surface area contributed by atoms with Gasteiger partial charge in [0.25, 0.3) is 0 Å². The summed E-state index contributed by atoms with van der Waals surface area (Å²) >= 11 is 5.88. The highest BCUT2D eigenvalue weighted by Gasteiger charge is 2.17. The van der Waals surface area contributed by atoms with Gasteiger partial charge in [0.15, 0.2) is 0 Å². The second-order valence-electron chi connectivity index (χ2n) is 4.50. The van der Waals surface area contributed by atoms with Crippen LogP contribution in [-0.2, 0) is 16.6 Å². The van der Waals surface area contributed by atoms with Crippen LogP contribution in [0.5, 0.6) is 0 Å². The number of rotatable bonds is 6. The Balaban J connectivity index is 2.90. The first kappa shape index (κ1) is 15.4. The first-order chi connectivity index (χ1) is 8.36. The Morgan fingerprint density at radius 2 is 2.06 bits per heavy atom. The maximum absolute atomic E-state index is 12.0. The molecule has 0 saturated carbocycles. The van der Waals surface area contributed by atoms with Crippen LogP contribution >= 0.6 is 11.6 Å². The molecule has 1 aromatic rings. The summed E-state index contributed by atoms with van der Waals surface area (Å²) in [5.74, 6) is 0.423. The molecular weight excluding hydrogens is 274 g/mol. The molecule has 1 aromatic carbocycles. The molecule has 0 atom stereocenters. The van der Waals surface area contributed by atoms with E-state index in [1.165, 1.54) is 12.1 Å². The summed E-state index contributed by atoms with van der Waals surface area (Å²) in [5.41, 5.74) is 0.517. The van der Waals surface area contributed by atoms with Crippen molar-refractivity contribution in [2.24, 2.45) is 5.92 Å². The van der Waals surface area contributed by atoms with Gasteiger partial charge >= 0.3 is 0 Å². The van der Waals surface area contributed by atoms with Crippen LogP contribution in [0.15, 0.2) is 23.1 Å². The van der Waals surface area contributed by atoms with Gasteiger partial charge in [-0.15, -0.1) is 0 Å². The molecular formula is C12H18ClNO3S. The van der Waals surface area contributed by atoms with Gasteiger partial charge < -0.3 is 5.11 Å². The average molecular weight is 292 g/mol. The van der Waals surface area contributed by atoms with Crippen molar-refractivity contribution in [3.05, 3.63) is 28.8 Å². The molecule has 0 fully saturated rings. The number of hydrogen-bond acceptors (Lipinski definition) is 3. The van der Waals surface area contributed by atoms with Crippen molar-refractivity contribution in [1.82, 2.24) is 4.72 Å². The van der Waals surface area contributed by atoms with Gasteiger partial charge in [-0.3, -0.25) is 0 Å². The molecule has 4 nitrogen and oxygen atoms in total. The van der Waals surface area contributed by atoms with E-state index in [0.717, 1.165) is 6.42 Å². The summed E-state index contributed by atoms with van der Waals surface area (Å²) in [6.07, 6.45) is 0.760. The van der Waals surface area contributed by atoms with Crippen LogP contribution in [0, 0.1) is 5.92 Å². The van der Waals surface area contributed by atoms with Crippen molar-refractivity contribution in [2.75, 3.05) is 6.54 Å². The molecule has 0 amide bonds. The fraction of sp³-hybridized carbons (Fsp3) is 0.500. The lowest BCUT2D eigenvalue weighted by Crippen LogP contribution is -2.26. The Kier molecular flexibility index (Phi) is 5.59. The van der Waals surface area contributed by atoms with E-state index < -0.39 is 10.0 Å². The standard InChI is InChI=1S/C12H18ClNO3S/c1-9(2)5-6-14-18(16,17)12-7-10(8-15)3-4-11(12)13/h3-4,7,9,14-15H,5-6,8H2,1-2H3.